The van der Waals surface area contributed by atoms with E-state index in [0.717, 1.165) is 36.6 Å². The zero-order valence-electron chi connectivity index (χ0n) is 19.1. The monoisotopic (exact) mass is 413 g/mol. The number of rotatable bonds is 8. The summed E-state index contributed by atoms with van der Waals surface area (Å²) in [4.78, 5) is 11.2. The largest absolute Gasteiger partial charge is 0.377 e. The van der Waals surface area contributed by atoms with Crippen molar-refractivity contribution >= 4 is 17.7 Å². The average molecular weight is 414 g/mol. The van der Waals surface area contributed by atoms with Gasteiger partial charge >= 0.3 is 0 Å². The number of unbranched alkanes of at least 4 members (excludes halogenated alkanes) is 1. The van der Waals surface area contributed by atoms with Crippen LogP contribution in [-0.4, -0.2) is 25.3 Å². The van der Waals surface area contributed by atoms with Gasteiger partial charge in [0, 0.05) is 43.7 Å². The first kappa shape index (κ1) is 21.6. The van der Waals surface area contributed by atoms with Crippen LogP contribution in [0.4, 0.5) is 11.5 Å². The van der Waals surface area contributed by atoms with Gasteiger partial charge in [0.15, 0.2) is 5.82 Å². The molecule has 0 N–H and O–H groups in total. The molecule has 0 bridgehead atoms. The van der Waals surface area contributed by atoms with Crippen LogP contribution in [0.2, 0.25) is 0 Å². The summed E-state index contributed by atoms with van der Waals surface area (Å²) < 4.78 is 0. The van der Waals surface area contributed by atoms with Crippen LogP contribution in [0.5, 0.6) is 0 Å². The highest BCUT2D eigenvalue weighted by atomic mass is 15.1. The van der Waals surface area contributed by atoms with Crippen LogP contribution in [0.3, 0.4) is 0 Å². The van der Waals surface area contributed by atoms with Gasteiger partial charge in [-0.2, -0.15) is 0 Å². The lowest BCUT2D eigenvalue weighted by Crippen LogP contribution is -2.13. The van der Waals surface area contributed by atoms with Crippen molar-refractivity contribution < 1.29 is 0 Å². The molecule has 2 aliphatic carbocycles. The molecular formula is C28H35N3. The Balaban J connectivity index is 1.29. The predicted molar refractivity (Wildman–Crippen MR) is 131 cm³/mol. The Morgan fingerprint density at radius 1 is 1.10 bits per heavy atom. The molecule has 1 aromatic heterocycles. The number of hydrogen-bond donors (Lipinski definition) is 0. The van der Waals surface area contributed by atoms with Crippen molar-refractivity contribution in [3.05, 3.63) is 53.2 Å². The molecular weight excluding hydrogens is 378 g/mol. The standard InChI is InChI=1S/C28H35N3/c1-31(2)27-20-24(13-12-22-7-5-8-22)14-15-26(27)11-3-4-17-29-28-21-25(16-18-30-28)19-23-9-6-10-23/h14-18,20-23H,3-11,19H2,1-2H3/b29-17+. The maximum Gasteiger partial charge on any atom is 0.151 e. The van der Waals surface area contributed by atoms with E-state index in [1.54, 1.807) is 0 Å². The molecule has 0 atom stereocenters. The van der Waals surface area contributed by atoms with Crippen LogP contribution in [0.1, 0.15) is 68.1 Å². The van der Waals surface area contributed by atoms with Crippen LogP contribution >= 0.6 is 0 Å². The molecule has 2 aromatic rings. The number of nitrogens with zero attached hydrogens (tertiary/aromatic N) is 3. The first-order valence-electron chi connectivity index (χ1n) is 12.0. The smallest absolute Gasteiger partial charge is 0.151 e. The first-order valence-corrected chi connectivity index (χ1v) is 12.0. The third-order valence-electron chi connectivity index (χ3n) is 6.65. The molecule has 4 rings (SSSR count). The summed E-state index contributed by atoms with van der Waals surface area (Å²) in [5, 5.41) is 0. The van der Waals surface area contributed by atoms with Crippen LogP contribution in [0.25, 0.3) is 0 Å². The summed E-state index contributed by atoms with van der Waals surface area (Å²) in [5.41, 5.74) is 5.17. The summed E-state index contributed by atoms with van der Waals surface area (Å²) in [6.07, 6.45) is 16.2. The van der Waals surface area contributed by atoms with Gasteiger partial charge in [-0.1, -0.05) is 43.6 Å². The minimum atomic E-state index is 0.621. The number of aliphatic imine (C=N–C) groups is 1. The topological polar surface area (TPSA) is 28.5 Å². The molecule has 1 aromatic carbocycles. The fourth-order valence-corrected chi connectivity index (χ4v) is 4.24. The van der Waals surface area contributed by atoms with Crippen molar-refractivity contribution in [1.82, 2.24) is 4.98 Å². The molecule has 0 unspecified atom stereocenters. The van der Waals surface area contributed by atoms with E-state index in [4.69, 9.17) is 0 Å². The molecule has 0 aliphatic heterocycles. The Bertz CT molecular complexity index is 956. The van der Waals surface area contributed by atoms with Crippen LogP contribution < -0.4 is 4.90 Å². The molecule has 0 saturated heterocycles. The number of aromatic nitrogens is 1. The highest BCUT2D eigenvalue weighted by Crippen LogP contribution is 2.30. The molecule has 31 heavy (non-hydrogen) atoms. The fraction of sp³-hybridized carbons (Fsp3) is 0.500. The van der Waals surface area contributed by atoms with E-state index in [9.17, 15) is 0 Å². The first-order chi connectivity index (χ1) is 15.2. The van der Waals surface area contributed by atoms with Crippen molar-refractivity contribution in [2.24, 2.45) is 16.8 Å². The minimum Gasteiger partial charge on any atom is -0.377 e. The molecule has 0 spiro atoms. The van der Waals surface area contributed by atoms with E-state index in [0.29, 0.717) is 5.92 Å². The van der Waals surface area contributed by atoms with E-state index in [-0.39, 0.29) is 0 Å². The minimum absolute atomic E-state index is 0.621. The Labute approximate surface area is 188 Å². The second kappa shape index (κ2) is 10.6. The molecule has 0 radical (unpaired) electrons. The zero-order valence-corrected chi connectivity index (χ0v) is 19.1. The summed E-state index contributed by atoms with van der Waals surface area (Å²) >= 11 is 0. The lowest BCUT2D eigenvalue weighted by molar-refractivity contribution is 0.314. The predicted octanol–water partition coefficient (Wildman–Crippen LogP) is 6.37. The van der Waals surface area contributed by atoms with Gasteiger partial charge in [0.05, 0.1) is 0 Å². The van der Waals surface area contributed by atoms with Crippen molar-refractivity contribution in [3.63, 3.8) is 0 Å². The van der Waals surface area contributed by atoms with Crippen LogP contribution in [0, 0.1) is 23.7 Å². The van der Waals surface area contributed by atoms with Crippen LogP contribution in [-0.2, 0) is 12.8 Å². The quantitative estimate of drug-likeness (QED) is 0.286. The third-order valence-corrected chi connectivity index (χ3v) is 6.65. The van der Waals surface area contributed by atoms with E-state index < -0.39 is 0 Å². The zero-order chi connectivity index (χ0) is 21.5. The summed E-state index contributed by atoms with van der Waals surface area (Å²) in [7, 11) is 4.23. The van der Waals surface area contributed by atoms with Gasteiger partial charge in [-0.15, -0.1) is 0 Å². The van der Waals surface area contributed by atoms with Crippen molar-refractivity contribution in [2.45, 2.75) is 64.2 Å². The number of hydrogen-bond acceptors (Lipinski definition) is 3. The Morgan fingerprint density at radius 2 is 1.94 bits per heavy atom. The maximum absolute atomic E-state index is 4.61. The van der Waals surface area contributed by atoms with Gasteiger partial charge in [-0.25, -0.2) is 9.98 Å². The normalized spacial score (nSPS) is 16.5. The Morgan fingerprint density at radius 3 is 2.65 bits per heavy atom. The number of aryl methyl sites for hydroxylation is 1. The van der Waals surface area contributed by atoms with Gasteiger partial charge in [0.2, 0.25) is 0 Å². The lowest BCUT2D eigenvalue weighted by Gasteiger charge is -2.25. The third kappa shape index (κ3) is 6.20. The molecule has 0 amide bonds. The lowest BCUT2D eigenvalue weighted by atomic mass is 9.81. The van der Waals surface area contributed by atoms with Gasteiger partial charge in [-0.05, 0) is 79.8 Å². The van der Waals surface area contributed by atoms with Crippen molar-refractivity contribution in [3.8, 4) is 11.8 Å². The SMILES string of the molecule is CN(C)c1cc(C#CC2CCC2)ccc1CCC/C=N/c1cc(CC2CCC2)ccn1. The second-order valence-corrected chi connectivity index (χ2v) is 9.36. The highest BCUT2D eigenvalue weighted by molar-refractivity contribution is 5.62. The highest BCUT2D eigenvalue weighted by Gasteiger charge is 2.17. The molecule has 1 heterocycles. The van der Waals surface area contributed by atoms with Crippen molar-refractivity contribution in [2.75, 3.05) is 19.0 Å². The number of benzene rings is 1. The summed E-state index contributed by atoms with van der Waals surface area (Å²) in [6, 6.07) is 11.0. The van der Waals surface area contributed by atoms with Crippen LogP contribution in [0.15, 0.2) is 41.5 Å². The maximum atomic E-state index is 4.61. The molecule has 162 valence electrons. The van der Waals surface area contributed by atoms with E-state index >= 15 is 0 Å². The number of anilines is 1. The van der Waals surface area contributed by atoms with E-state index in [1.165, 1.54) is 61.8 Å². The fourth-order valence-electron chi connectivity index (χ4n) is 4.24. The molecule has 3 nitrogen and oxygen atoms in total. The van der Waals surface area contributed by atoms with E-state index in [2.05, 4.69) is 71.1 Å². The average Bonchev–Trinajstić information content (AvgIpc) is 2.70. The van der Waals surface area contributed by atoms with E-state index in [1.807, 2.05) is 12.4 Å². The second-order valence-electron chi connectivity index (χ2n) is 9.36. The van der Waals surface area contributed by atoms with Gasteiger partial charge in [-0.3, -0.25) is 0 Å². The van der Waals surface area contributed by atoms with Gasteiger partial charge in [0.1, 0.15) is 0 Å². The molecule has 2 fully saturated rings. The Hall–Kier alpha value is -2.60. The van der Waals surface area contributed by atoms with Gasteiger partial charge < -0.3 is 4.90 Å². The van der Waals surface area contributed by atoms with Crippen molar-refractivity contribution in [1.29, 1.82) is 0 Å². The molecule has 2 saturated carbocycles. The molecule has 3 heteroatoms. The Kier molecular flexibility index (Phi) is 7.41. The summed E-state index contributed by atoms with van der Waals surface area (Å²) in [6.45, 7) is 0. The molecule has 2 aliphatic rings. The number of pyridine rings is 1. The summed E-state index contributed by atoms with van der Waals surface area (Å²) in [5.74, 6) is 9.15. The van der Waals surface area contributed by atoms with Gasteiger partial charge in [0.25, 0.3) is 0 Å².